The van der Waals surface area contributed by atoms with Crippen LogP contribution in [0.1, 0.15) is 48.5 Å². The van der Waals surface area contributed by atoms with E-state index in [1.807, 2.05) is 24.3 Å². The molecular weight excluding hydrogens is 260 g/mol. The summed E-state index contributed by atoms with van der Waals surface area (Å²) >= 11 is 0. The fraction of sp³-hybridized carbons (Fsp3) is 0.368. The van der Waals surface area contributed by atoms with E-state index in [9.17, 15) is 5.11 Å². The van der Waals surface area contributed by atoms with Crippen LogP contribution in [0.5, 0.6) is 5.75 Å². The Kier molecular flexibility index (Phi) is 4.26. The van der Waals surface area contributed by atoms with Crippen LogP contribution in [-0.2, 0) is 6.42 Å². The van der Waals surface area contributed by atoms with Crippen molar-refractivity contribution in [2.75, 3.05) is 6.61 Å². The van der Waals surface area contributed by atoms with Crippen molar-refractivity contribution in [1.29, 1.82) is 0 Å². The van der Waals surface area contributed by atoms with Gasteiger partial charge in [0, 0.05) is 5.92 Å². The molecule has 0 saturated heterocycles. The molecule has 1 aliphatic carbocycles. The molecule has 2 heteroatoms. The van der Waals surface area contributed by atoms with Gasteiger partial charge in [0.2, 0.25) is 0 Å². The molecule has 21 heavy (non-hydrogen) atoms. The molecule has 0 aromatic heterocycles. The van der Waals surface area contributed by atoms with Crippen molar-refractivity contribution in [2.45, 2.75) is 38.2 Å². The van der Waals surface area contributed by atoms with Gasteiger partial charge in [0.05, 0.1) is 12.7 Å². The van der Waals surface area contributed by atoms with Crippen molar-refractivity contribution in [1.82, 2.24) is 0 Å². The summed E-state index contributed by atoms with van der Waals surface area (Å²) < 4.78 is 5.98. The van der Waals surface area contributed by atoms with Crippen LogP contribution in [0.3, 0.4) is 0 Å². The van der Waals surface area contributed by atoms with E-state index in [0.717, 1.165) is 11.3 Å². The van der Waals surface area contributed by atoms with Gasteiger partial charge in [-0.2, -0.15) is 0 Å². The lowest BCUT2D eigenvalue weighted by Crippen LogP contribution is -2.16. The summed E-state index contributed by atoms with van der Waals surface area (Å²) in [6, 6.07) is 16.4. The van der Waals surface area contributed by atoms with E-state index in [4.69, 9.17) is 4.74 Å². The van der Waals surface area contributed by atoms with Gasteiger partial charge in [0.25, 0.3) is 0 Å². The van der Waals surface area contributed by atoms with Crippen molar-refractivity contribution in [3.63, 3.8) is 0 Å². The van der Waals surface area contributed by atoms with E-state index >= 15 is 0 Å². The zero-order chi connectivity index (χ0) is 14.7. The summed E-state index contributed by atoms with van der Waals surface area (Å²) in [6.45, 7) is 2.48. The summed E-state index contributed by atoms with van der Waals surface area (Å²) in [5.74, 6) is 1.32. The summed E-state index contributed by atoms with van der Waals surface area (Å²) in [4.78, 5) is 0. The maximum absolute atomic E-state index is 9.64. The van der Waals surface area contributed by atoms with Crippen LogP contribution >= 0.6 is 0 Å². The Hall–Kier alpha value is -1.80. The molecule has 0 aliphatic heterocycles. The monoisotopic (exact) mass is 282 g/mol. The molecule has 0 spiro atoms. The van der Waals surface area contributed by atoms with E-state index in [0.29, 0.717) is 12.5 Å². The molecule has 0 heterocycles. The molecular formula is C19H22O2. The van der Waals surface area contributed by atoms with Gasteiger partial charge < -0.3 is 9.84 Å². The number of benzene rings is 2. The molecule has 0 radical (unpaired) electrons. The highest BCUT2D eigenvalue weighted by molar-refractivity contribution is 5.33. The molecule has 1 N–H and O–H groups in total. The Morgan fingerprint density at radius 1 is 1.19 bits per heavy atom. The Balaban J connectivity index is 1.70. The smallest absolute Gasteiger partial charge is 0.119 e. The second-order valence-electron chi connectivity index (χ2n) is 5.85. The van der Waals surface area contributed by atoms with Crippen LogP contribution in [0.15, 0.2) is 48.5 Å². The zero-order valence-corrected chi connectivity index (χ0v) is 12.5. The molecule has 0 saturated carbocycles. The SMILES string of the molecule is C[C@H](O)c1cccc(OCC2CCCc3ccccc32)c1. The second kappa shape index (κ2) is 6.31. The van der Waals surface area contributed by atoms with Gasteiger partial charge in [-0.05, 0) is 55.0 Å². The van der Waals surface area contributed by atoms with Gasteiger partial charge in [-0.1, -0.05) is 36.4 Å². The Morgan fingerprint density at radius 2 is 2.05 bits per heavy atom. The Labute approximate surface area is 126 Å². The normalized spacial score (nSPS) is 18.9. The van der Waals surface area contributed by atoms with Gasteiger partial charge in [0.1, 0.15) is 5.75 Å². The molecule has 110 valence electrons. The Bertz CT molecular complexity index is 604. The Morgan fingerprint density at radius 3 is 2.90 bits per heavy atom. The number of aliphatic hydroxyl groups is 1. The highest BCUT2D eigenvalue weighted by atomic mass is 16.5. The van der Waals surface area contributed by atoms with Crippen molar-refractivity contribution >= 4 is 0 Å². The number of hydrogen-bond acceptors (Lipinski definition) is 2. The van der Waals surface area contributed by atoms with Crippen LogP contribution in [0.25, 0.3) is 0 Å². The second-order valence-corrected chi connectivity index (χ2v) is 5.85. The highest BCUT2D eigenvalue weighted by Crippen LogP contribution is 2.32. The van der Waals surface area contributed by atoms with Gasteiger partial charge in [-0.15, -0.1) is 0 Å². The number of rotatable bonds is 4. The number of ether oxygens (including phenoxy) is 1. The van der Waals surface area contributed by atoms with Crippen LogP contribution in [0, 0.1) is 0 Å². The van der Waals surface area contributed by atoms with Crippen molar-refractivity contribution < 1.29 is 9.84 Å². The first-order valence-electron chi connectivity index (χ1n) is 7.72. The molecule has 0 fully saturated rings. The van der Waals surface area contributed by atoms with Gasteiger partial charge in [-0.3, -0.25) is 0 Å². The first kappa shape index (κ1) is 14.2. The maximum Gasteiger partial charge on any atom is 0.119 e. The van der Waals surface area contributed by atoms with E-state index in [1.54, 1.807) is 6.92 Å². The standard InChI is InChI=1S/C19H22O2/c1-14(20)16-8-5-10-18(12-16)21-13-17-9-4-7-15-6-2-3-11-19(15)17/h2-3,5-6,8,10-12,14,17,20H,4,7,9,13H2,1H3/t14-,17?/m0/s1. The topological polar surface area (TPSA) is 29.5 Å². The summed E-state index contributed by atoms with van der Waals surface area (Å²) in [5, 5.41) is 9.64. The average Bonchev–Trinajstić information content (AvgIpc) is 2.53. The molecule has 3 rings (SSSR count). The summed E-state index contributed by atoms with van der Waals surface area (Å²) in [7, 11) is 0. The number of aryl methyl sites for hydroxylation is 1. The third kappa shape index (κ3) is 3.27. The first-order valence-corrected chi connectivity index (χ1v) is 7.72. The molecule has 1 unspecified atom stereocenters. The molecule has 0 bridgehead atoms. The minimum absolute atomic E-state index is 0.455. The molecule has 1 aliphatic rings. The summed E-state index contributed by atoms with van der Waals surface area (Å²) in [6.07, 6.45) is 3.15. The zero-order valence-electron chi connectivity index (χ0n) is 12.5. The van der Waals surface area contributed by atoms with Crippen molar-refractivity contribution in [3.05, 3.63) is 65.2 Å². The third-order valence-electron chi connectivity index (χ3n) is 4.29. The lowest BCUT2D eigenvalue weighted by molar-refractivity contribution is 0.198. The van der Waals surface area contributed by atoms with Crippen LogP contribution in [0.4, 0.5) is 0 Å². The minimum atomic E-state index is -0.455. The van der Waals surface area contributed by atoms with Crippen molar-refractivity contribution in [3.8, 4) is 5.75 Å². The van der Waals surface area contributed by atoms with Crippen molar-refractivity contribution in [2.24, 2.45) is 0 Å². The quantitative estimate of drug-likeness (QED) is 0.909. The van der Waals surface area contributed by atoms with Crippen LogP contribution in [0.2, 0.25) is 0 Å². The van der Waals surface area contributed by atoms with E-state index in [1.165, 1.54) is 30.4 Å². The van der Waals surface area contributed by atoms with Gasteiger partial charge in [0.15, 0.2) is 0 Å². The molecule has 2 nitrogen and oxygen atoms in total. The van der Waals surface area contributed by atoms with Gasteiger partial charge in [-0.25, -0.2) is 0 Å². The number of hydrogen-bond donors (Lipinski definition) is 1. The first-order chi connectivity index (χ1) is 10.2. The highest BCUT2D eigenvalue weighted by Gasteiger charge is 2.20. The predicted molar refractivity (Wildman–Crippen MR) is 84.7 cm³/mol. The minimum Gasteiger partial charge on any atom is -0.493 e. The molecule has 2 atom stereocenters. The third-order valence-corrected chi connectivity index (χ3v) is 4.29. The lowest BCUT2D eigenvalue weighted by Gasteiger charge is -2.25. The molecule has 2 aromatic rings. The average molecular weight is 282 g/mol. The number of fused-ring (bicyclic) bond motifs is 1. The summed E-state index contributed by atoms with van der Waals surface area (Å²) in [5.41, 5.74) is 3.81. The van der Waals surface area contributed by atoms with Gasteiger partial charge >= 0.3 is 0 Å². The van der Waals surface area contributed by atoms with E-state index in [-0.39, 0.29) is 0 Å². The van der Waals surface area contributed by atoms with Crippen LogP contribution in [-0.4, -0.2) is 11.7 Å². The molecule has 0 amide bonds. The predicted octanol–water partition coefficient (Wildman–Crippen LogP) is 4.24. The van der Waals surface area contributed by atoms with E-state index in [2.05, 4.69) is 24.3 Å². The maximum atomic E-state index is 9.64. The van der Waals surface area contributed by atoms with Crippen LogP contribution < -0.4 is 4.74 Å². The lowest BCUT2D eigenvalue weighted by atomic mass is 9.83. The van der Waals surface area contributed by atoms with E-state index < -0.39 is 6.10 Å². The largest absolute Gasteiger partial charge is 0.493 e. The number of aliphatic hydroxyl groups excluding tert-OH is 1. The molecule has 2 aromatic carbocycles. The fourth-order valence-electron chi connectivity index (χ4n) is 3.09. The fourth-order valence-corrected chi connectivity index (χ4v) is 3.09.